The van der Waals surface area contributed by atoms with Crippen molar-refractivity contribution in [1.29, 1.82) is 0 Å². The predicted octanol–water partition coefficient (Wildman–Crippen LogP) is 2.78. The summed E-state index contributed by atoms with van der Waals surface area (Å²) < 4.78 is 1.77. The molecule has 0 aliphatic carbocycles. The highest BCUT2D eigenvalue weighted by Gasteiger charge is 2.13. The average molecular weight is 385 g/mol. The highest BCUT2D eigenvalue weighted by Crippen LogP contribution is 2.29. The maximum absolute atomic E-state index is 12.4. The van der Waals surface area contributed by atoms with Crippen LogP contribution in [0.5, 0.6) is 0 Å². The van der Waals surface area contributed by atoms with E-state index in [-0.39, 0.29) is 11.9 Å². The first-order valence-corrected chi connectivity index (χ1v) is 8.97. The summed E-state index contributed by atoms with van der Waals surface area (Å²) in [4.78, 5) is 20.7. The Balaban J connectivity index is 1.65. The molecule has 3 N–H and O–H groups in total. The second kappa shape index (κ2) is 8.18. The number of carbonyl (C=O) groups excluding carboxylic acids is 1. The Morgan fingerprint density at radius 2 is 2.15 bits per heavy atom. The minimum atomic E-state index is -0.141. The lowest BCUT2D eigenvalue weighted by molar-refractivity contribution is 0.0953. The molecule has 3 aromatic rings. The van der Waals surface area contributed by atoms with Crippen LogP contribution in [0.3, 0.4) is 0 Å². The van der Waals surface area contributed by atoms with Crippen molar-refractivity contribution in [3.05, 3.63) is 58.5 Å². The normalized spacial score (nSPS) is 10.8. The number of aromatic nitrogens is 4. The van der Waals surface area contributed by atoms with E-state index >= 15 is 0 Å². The minimum absolute atomic E-state index is 0.141. The zero-order valence-electron chi connectivity index (χ0n) is 15.2. The Hall–Kier alpha value is -2.93. The molecule has 0 unspecified atom stereocenters. The van der Waals surface area contributed by atoms with Crippen LogP contribution in [0.4, 0.5) is 5.95 Å². The largest absolute Gasteiger partial charge is 0.368 e. The third kappa shape index (κ3) is 4.62. The van der Waals surface area contributed by atoms with E-state index in [1.807, 2.05) is 25.5 Å². The van der Waals surface area contributed by atoms with Crippen LogP contribution in [0.15, 0.2) is 36.7 Å². The van der Waals surface area contributed by atoms with Gasteiger partial charge in [0.1, 0.15) is 0 Å². The molecule has 0 saturated carbocycles. The number of hydrogen-bond donors (Lipinski definition) is 2. The molecule has 1 amide bonds. The molecule has 0 aliphatic heterocycles. The van der Waals surface area contributed by atoms with Crippen molar-refractivity contribution in [3.8, 4) is 11.3 Å². The van der Waals surface area contributed by atoms with Gasteiger partial charge in [-0.3, -0.25) is 9.48 Å². The molecule has 0 bridgehead atoms. The lowest BCUT2D eigenvalue weighted by Gasteiger charge is -2.09. The zero-order chi connectivity index (χ0) is 19.4. The second-order valence-corrected chi connectivity index (χ2v) is 6.67. The molecule has 0 aliphatic rings. The van der Waals surface area contributed by atoms with E-state index in [0.29, 0.717) is 28.5 Å². The molecule has 8 heteroatoms. The Morgan fingerprint density at radius 3 is 2.89 bits per heavy atom. The van der Waals surface area contributed by atoms with E-state index in [2.05, 4.69) is 20.4 Å². The first-order chi connectivity index (χ1) is 12.9. The molecule has 3 rings (SSSR count). The van der Waals surface area contributed by atoms with Gasteiger partial charge in [0.25, 0.3) is 5.91 Å². The maximum Gasteiger partial charge on any atom is 0.251 e. The van der Waals surface area contributed by atoms with E-state index < -0.39 is 0 Å². The highest BCUT2D eigenvalue weighted by atomic mass is 35.5. The lowest BCUT2D eigenvalue weighted by atomic mass is 10.1. The number of hydrogen-bond acceptors (Lipinski definition) is 5. The average Bonchev–Trinajstić information content (AvgIpc) is 3.07. The summed E-state index contributed by atoms with van der Waals surface area (Å²) in [6.45, 7) is 2.35. The zero-order valence-corrected chi connectivity index (χ0v) is 16.0. The van der Waals surface area contributed by atoms with E-state index in [1.54, 1.807) is 29.8 Å². The van der Waals surface area contributed by atoms with Gasteiger partial charge in [0.2, 0.25) is 5.95 Å². The van der Waals surface area contributed by atoms with Crippen LogP contribution in [0.1, 0.15) is 28.0 Å². The number of nitrogens with two attached hydrogens (primary N) is 1. The van der Waals surface area contributed by atoms with Gasteiger partial charge in [0.15, 0.2) is 0 Å². The summed E-state index contributed by atoms with van der Waals surface area (Å²) >= 11 is 6.31. The van der Waals surface area contributed by atoms with Crippen molar-refractivity contribution in [2.45, 2.75) is 19.8 Å². The molecular formula is C19H21ClN6O. The smallest absolute Gasteiger partial charge is 0.251 e. The maximum atomic E-state index is 12.4. The van der Waals surface area contributed by atoms with Crippen molar-refractivity contribution >= 4 is 23.5 Å². The summed E-state index contributed by atoms with van der Waals surface area (Å²) in [6.07, 6.45) is 5.52. The third-order valence-electron chi connectivity index (χ3n) is 4.12. The number of anilines is 1. The van der Waals surface area contributed by atoms with Gasteiger partial charge in [-0.05, 0) is 37.5 Å². The summed E-state index contributed by atoms with van der Waals surface area (Å²) in [7, 11) is 1.89. The lowest BCUT2D eigenvalue weighted by Crippen LogP contribution is -2.24. The van der Waals surface area contributed by atoms with Crippen LogP contribution < -0.4 is 11.1 Å². The quantitative estimate of drug-likeness (QED) is 0.636. The fraction of sp³-hybridized carbons (Fsp3) is 0.263. The van der Waals surface area contributed by atoms with Crippen LogP contribution in [0, 0.1) is 6.92 Å². The molecule has 140 valence electrons. The Kier molecular flexibility index (Phi) is 5.71. The number of nitrogens with zero attached hydrogens (tertiary/aromatic N) is 4. The molecule has 27 heavy (non-hydrogen) atoms. The molecule has 0 atom stereocenters. The van der Waals surface area contributed by atoms with Crippen LogP contribution >= 0.6 is 11.6 Å². The van der Waals surface area contributed by atoms with Crippen molar-refractivity contribution in [2.24, 2.45) is 7.05 Å². The molecule has 7 nitrogen and oxygen atoms in total. The van der Waals surface area contributed by atoms with Crippen molar-refractivity contribution < 1.29 is 4.79 Å². The molecule has 0 radical (unpaired) electrons. The summed E-state index contributed by atoms with van der Waals surface area (Å²) in [5, 5.41) is 7.50. The predicted molar refractivity (Wildman–Crippen MR) is 105 cm³/mol. The molecule has 1 aromatic carbocycles. The van der Waals surface area contributed by atoms with Crippen molar-refractivity contribution in [3.63, 3.8) is 0 Å². The first kappa shape index (κ1) is 18.8. The Labute approximate surface area is 162 Å². The van der Waals surface area contributed by atoms with E-state index in [0.717, 1.165) is 24.0 Å². The second-order valence-electron chi connectivity index (χ2n) is 6.29. The van der Waals surface area contributed by atoms with Gasteiger partial charge in [-0.2, -0.15) is 5.10 Å². The highest BCUT2D eigenvalue weighted by molar-refractivity contribution is 6.33. The summed E-state index contributed by atoms with van der Waals surface area (Å²) in [5.74, 6) is 0.00932. The monoisotopic (exact) mass is 384 g/mol. The number of aryl methyl sites for hydroxylation is 3. The van der Waals surface area contributed by atoms with Gasteiger partial charge < -0.3 is 11.1 Å². The number of halogens is 1. The van der Waals surface area contributed by atoms with Crippen LogP contribution in [0.2, 0.25) is 5.02 Å². The van der Waals surface area contributed by atoms with Gasteiger partial charge in [0, 0.05) is 30.9 Å². The number of rotatable bonds is 6. The number of nitrogen functional groups attached to an aromatic ring is 1. The molecule has 2 heterocycles. The van der Waals surface area contributed by atoms with Gasteiger partial charge in [-0.25, -0.2) is 9.97 Å². The SMILES string of the molecule is Cc1nc(N)nc(-c2cccc(C(=O)NCCCc3cnn(C)c3)c2)c1Cl. The van der Waals surface area contributed by atoms with E-state index in [9.17, 15) is 4.79 Å². The minimum Gasteiger partial charge on any atom is -0.368 e. The number of nitrogens with one attached hydrogen (secondary N) is 1. The summed E-state index contributed by atoms with van der Waals surface area (Å²) in [6, 6.07) is 7.14. The molecule has 2 aromatic heterocycles. The van der Waals surface area contributed by atoms with Crippen molar-refractivity contribution in [1.82, 2.24) is 25.1 Å². The van der Waals surface area contributed by atoms with Gasteiger partial charge in [0.05, 0.1) is 22.6 Å². The molecule has 0 fully saturated rings. The third-order valence-corrected chi connectivity index (χ3v) is 4.57. The van der Waals surface area contributed by atoms with E-state index in [1.165, 1.54) is 0 Å². The van der Waals surface area contributed by atoms with Crippen molar-refractivity contribution in [2.75, 3.05) is 12.3 Å². The summed E-state index contributed by atoms with van der Waals surface area (Å²) in [5.41, 5.74) is 9.27. The van der Waals surface area contributed by atoms with Gasteiger partial charge in [-0.15, -0.1) is 0 Å². The topological polar surface area (TPSA) is 98.7 Å². The number of benzene rings is 1. The Morgan fingerprint density at radius 1 is 1.33 bits per heavy atom. The standard InChI is InChI=1S/C19H21ClN6O/c1-12-16(20)17(25-19(21)24-12)14-6-3-7-15(9-14)18(27)22-8-4-5-13-10-23-26(2)11-13/h3,6-7,9-11H,4-5,8H2,1-2H3,(H,22,27)(H2,21,24,25). The number of amides is 1. The van der Waals surface area contributed by atoms with Crippen LogP contribution in [-0.2, 0) is 13.5 Å². The van der Waals surface area contributed by atoms with Gasteiger partial charge in [-0.1, -0.05) is 23.7 Å². The molecule has 0 spiro atoms. The first-order valence-electron chi connectivity index (χ1n) is 8.60. The van der Waals surface area contributed by atoms with Crippen LogP contribution in [-0.4, -0.2) is 32.2 Å². The van der Waals surface area contributed by atoms with E-state index in [4.69, 9.17) is 17.3 Å². The Bertz CT molecular complexity index is 969. The molecule has 0 saturated heterocycles. The fourth-order valence-corrected chi connectivity index (χ4v) is 2.97. The van der Waals surface area contributed by atoms with Crippen LogP contribution in [0.25, 0.3) is 11.3 Å². The van der Waals surface area contributed by atoms with Gasteiger partial charge >= 0.3 is 0 Å². The fourth-order valence-electron chi connectivity index (χ4n) is 2.78. The number of carbonyl (C=O) groups is 1. The molecular weight excluding hydrogens is 364 g/mol.